The van der Waals surface area contributed by atoms with Gasteiger partial charge < -0.3 is 11.1 Å². The normalized spacial score (nSPS) is 11.5. The molecule has 0 fully saturated rings. The number of nitrogens with zero attached hydrogens (tertiary/aromatic N) is 2. The first kappa shape index (κ1) is 15.9. The van der Waals surface area contributed by atoms with E-state index in [1.54, 1.807) is 11.7 Å². The molecule has 9 heteroatoms. The Bertz CT molecular complexity index is 565. The van der Waals surface area contributed by atoms with Crippen molar-refractivity contribution < 1.29 is 8.42 Å². The van der Waals surface area contributed by atoms with Crippen molar-refractivity contribution in [3.05, 3.63) is 11.3 Å². The van der Waals surface area contributed by atoms with Gasteiger partial charge >= 0.3 is 0 Å². The van der Waals surface area contributed by atoms with E-state index in [2.05, 4.69) is 15.1 Å². The smallest absolute Gasteiger partial charge is 0.208 e. The number of nitrogens with one attached hydrogen (secondary N) is 2. The molecule has 19 heavy (non-hydrogen) atoms. The van der Waals surface area contributed by atoms with Gasteiger partial charge in [0.15, 0.2) is 0 Å². The van der Waals surface area contributed by atoms with Crippen molar-refractivity contribution in [3.63, 3.8) is 0 Å². The molecule has 0 saturated heterocycles. The van der Waals surface area contributed by atoms with Crippen LogP contribution in [0.2, 0.25) is 0 Å². The fourth-order valence-electron chi connectivity index (χ4n) is 1.71. The molecule has 0 amide bonds. The Morgan fingerprint density at radius 3 is 2.63 bits per heavy atom. The van der Waals surface area contributed by atoms with Crippen LogP contribution < -0.4 is 15.8 Å². The maximum Gasteiger partial charge on any atom is 0.208 e. The van der Waals surface area contributed by atoms with Gasteiger partial charge in [-0.1, -0.05) is 12.2 Å². The maximum absolute atomic E-state index is 10.9. The second-order valence-corrected chi connectivity index (χ2v) is 6.52. The highest BCUT2D eigenvalue weighted by Crippen LogP contribution is 2.18. The lowest BCUT2D eigenvalue weighted by atomic mass is 10.2. The molecule has 0 saturated carbocycles. The van der Waals surface area contributed by atoms with E-state index in [0.29, 0.717) is 24.5 Å². The monoisotopic (exact) mass is 305 g/mol. The molecule has 0 aliphatic rings. The Morgan fingerprint density at radius 2 is 2.11 bits per heavy atom. The summed E-state index contributed by atoms with van der Waals surface area (Å²) in [4.78, 5) is 0.294. The van der Waals surface area contributed by atoms with Gasteiger partial charge in [-0.25, -0.2) is 13.1 Å². The van der Waals surface area contributed by atoms with Crippen molar-refractivity contribution in [2.75, 3.05) is 24.7 Å². The molecule has 0 bridgehead atoms. The van der Waals surface area contributed by atoms with E-state index in [-0.39, 0.29) is 0 Å². The maximum atomic E-state index is 10.9. The lowest BCUT2D eigenvalue weighted by Crippen LogP contribution is -2.25. The van der Waals surface area contributed by atoms with Crippen molar-refractivity contribution in [1.82, 2.24) is 14.5 Å². The van der Waals surface area contributed by atoms with Crippen LogP contribution in [0.3, 0.4) is 0 Å². The number of sulfonamides is 1. The number of aromatic nitrogens is 2. The Labute approximate surface area is 118 Å². The highest BCUT2D eigenvalue weighted by atomic mass is 32.2. The zero-order valence-electron chi connectivity index (χ0n) is 11.2. The van der Waals surface area contributed by atoms with Gasteiger partial charge in [-0.2, -0.15) is 5.10 Å². The van der Waals surface area contributed by atoms with E-state index in [1.165, 1.54) is 0 Å². The van der Waals surface area contributed by atoms with Gasteiger partial charge in [0, 0.05) is 20.1 Å². The first-order valence-corrected chi connectivity index (χ1v) is 8.04. The molecule has 1 aromatic rings. The summed E-state index contributed by atoms with van der Waals surface area (Å²) >= 11 is 4.99. The number of anilines is 1. The van der Waals surface area contributed by atoms with Gasteiger partial charge in [0.05, 0.1) is 17.5 Å². The van der Waals surface area contributed by atoms with Crippen molar-refractivity contribution >= 4 is 33.0 Å². The average molecular weight is 305 g/mol. The predicted molar refractivity (Wildman–Crippen MR) is 79.8 cm³/mol. The van der Waals surface area contributed by atoms with Crippen LogP contribution >= 0.6 is 12.2 Å². The van der Waals surface area contributed by atoms with E-state index < -0.39 is 10.0 Å². The predicted octanol–water partition coefficient (Wildman–Crippen LogP) is -0.286. The Hall–Kier alpha value is -1.19. The topological polar surface area (TPSA) is 102 Å². The quantitative estimate of drug-likeness (QED) is 0.473. The van der Waals surface area contributed by atoms with Crippen LogP contribution in [0, 0.1) is 6.92 Å². The van der Waals surface area contributed by atoms with Crippen molar-refractivity contribution in [2.45, 2.75) is 13.3 Å². The number of rotatable bonds is 7. The summed E-state index contributed by atoms with van der Waals surface area (Å²) in [6.07, 6.45) is 1.78. The number of hydrogen-bond acceptors (Lipinski definition) is 5. The van der Waals surface area contributed by atoms with Crippen LogP contribution in [0.1, 0.15) is 17.7 Å². The van der Waals surface area contributed by atoms with Crippen LogP contribution in [0.5, 0.6) is 0 Å². The Kier molecular flexibility index (Phi) is 5.27. The van der Waals surface area contributed by atoms with Crippen LogP contribution in [-0.4, -0.2) is 42.5 Å². The second kappa shape index (κ2) is 6.31. The summed E-state index contributed by atoms with van der Waals surface area (Å²) in [5, 5.41) is 7.41. The summed E-state index contributed by atoms with van der Waals surface area (Å²) in [6.45, 7) is 2.81. The van der Waals surface area contributed by atoms with Gasteiger partial charge in [0.25, 0.3) is 0 Å². The third kappa shape index (κ3) is 4.77. The third-order valence-electron chi connectivity index (χ3n) is 2.48. The molecule has 4 N–H and O–H groups in total. The average Bonchev–Trinajstić information content (AvgIpc) is 2.51. The Morgan fingerprint density at radius 1 is 1.47 bits per heavy atom. The minimum atomic E-state index is -3.13. The van der Waals surface area contributed by atoms with Crippen molar-refractivity contribution in [2.24, 2.45) is 12.8 Å². The molecule has 0 unspecified atom stereocenters. The lowest BCUT2D eigenvalue weighted by Gasteiger charge is -2.09. The summed E-state index contributed by atoms with van der Waals surface area (Å²) in [6, 6.07) is 0. The standard InChI is InChI=1S/C10H19N5O2S2/c1-7-8(9(11)18)10(15(2)14-7)12-5-4-6-13-19(3,16)17/h12-13H,4-6H2,1-3H3,(H2,11,18). The summed E-state index contributed by atoms with van der Waals surface area (Å²) < 4.78 is 25.9. The highest BCUT2D eigenvalue weighted by molar-refractivity contribution is 7.88. The van der Waals surface area contributed by atoms with Gasteiger partial charge in [-0.3, -0.25) is 4.68 Å². The molecular weight excluding hydrogens is 286 g/mol. The molecule has 0 radical (unpaired) electrons. The van der Waals surface area contributed by atoms with E-state index in [0.717, 1.165) is 23.3 Å². The Balaban J connectivity index is 2.57. The third-order valence-corrected chi connectivity index (χ3v) is 3.41. The summed E-state index contributed by atoms with van der Waals surface area (Å²) in [5.41, 5.74) is 7.16. The van der Waals surface area contributed by atoms with Crippen LogP contribution in [-0.2, 0) is 17.1 Å². The molecule has 0 atom stereocenters. The minimum absolute atomic E-state index is 0.294. The van der Waals surface area contributed by atoms with E-state index in [4.69, 9.17) is 18.0 Å². The van der Waals surface area contributed by atoms with Crippen LogP contribution in [0.4, 0.5) is 5.82 Å². The van der Waals surface area contributed by atoms with E-state index >= 15 is 0 Å². The fourth-order valence-corrected chi connectivity index (χ4v) is 2.47. The molecule has 0 spiro atoms. The van der Waals surface area contributed by atoms with Crippen molar-refractivity contribution in [3.8, 4) is 0 Å². The zero-order chi connectivity index (χ0) is 14.6. The fraction of sp³-hybridized carbons (Fsp3) is 0.600. The van der Waals surface area contributed by atoms with Gasteiger partial charge in [0.1, 0.15) is 10.8 Å². The number of aryl methyl sites for hydroxylation is 2. The second-order valence-electron chi connectivity index (χ2n) is 4.24. The summed E-state index contributed by atoms with van der Waals surface area (Å²) in [5.74, 6) is 0.754. The van der Waals surface area contributed by atoms with Crippen LogP contribution in [0.15, 0.2) is 0 Å². The zero-order valence-corrected chi connectivity index (χ0v) is 12.9. The van der Waals surface area contributed by atoms with E-state index in [1.807, 2.05) is 6.92 Å². The number of nitrogens with two attached hydrogens (primary N) is 1. The molecular formula is C10H19N5O2S2. The van der Waals surface area contributed by atoms with Gasteiger partial charge in [-0.05, 0) is 13.3 Å². The number of thiocarbonyl (C=S) groups is 1. The molecule has 0 aromatic carbocycles. The summed E-state index contributed by atoms with van der Waals surface area (Å²) in [7, 11) is -1.33. The van der Waals surface area contributed by atoms with Gasteiger partial charge in [0.2, 0.25) is 10.0 Å². The molecule has 0 aliphatic heterocycles. The lowest BCUT2D eigenvalue weighted by molar-refractivity contribution is 0.586. The van der Waals surface area contributed by atoms with Crippen LogP contribution in [0.25, 0.3) is 0 Å². The van der Waals surface area contributed by atoms with Crippen molar-refractivity contribution in [1.29, 1.82) is 0 Å². The first-order valence-electron chi connectivity index (χ1n) is 5.74. The van der Waals surface area contributed by atoms with Gasteiger partial charge in [-0.15, -0.1) is 0 Å². The van der Waals surface area contributed by atoms with E-state index in [9.17, 15) is 8.42 Å². The highest BCUT2D eigenvalue weighted by Gasteiger charge is 2.14. The molecule has 1 rings (SSSR count). The molecule has 1 aromatic heterocycles. The SMILES string of the molecule is Cc1nn(C)c(NCCCNS(C)(=O)=O)c1C(N)=S. The molecule has 1 heterocycles. The largest absolute Gasteiger partial charge is 0.389 e. The first-order chi connectivity index (χ1) is 8.72. The molecule has 0 aliphatic carbocycles. The molecule has 108 valence electrons. The minimum Gasteiger partial charge on any atom is -0.389 e. The molecule has 7 nitrogen and oxygen atoms in total. The number of hydrogen-bond donors (Lipinski definition) is 3.